The molecule has 0 aliphatic carbocycles. The Morgan fingerprint density at radius 1 is 1.08 bits per heavy atom. The van der Waals surface area contributed by atoms with Crippen LogP contribution in [-0.2, 0) is 6.54 Å². The molecule has 0 fully saturated rings. The van der Waals surface area contributed by atoms with E-state index in [2.05, 4.69) is 45.4 Å². The number of anilines is 1. The molecular formula is C15H13N9. The summed E-state index contributed by atoms with van der Waals surface area (Å²) >= 11 is 0. The van der Waals surface area contributed by atoms with Crippen LogP contribution >= 0.6 is 0 Å². The van der Waals surface area contributed by atoms with Crippen molar-refractivity contribution in [1.29, 1.82) is 0 Å². The van der Waals surface area contributed by atoms with Gasteiger partial charge in [0.25, 0.3) is 0 Å². The summed E-state index contributed by atoms with van der Waals surface area (Å²) in [5.41, 5.74) is 3.04. The average molecular weight is 319 g/mol. The van der Waals surface area contributed by atoms with Gasteiger partial charge < -0.3 is 5.32 Å². The second-order valence-electron chi connectivity index (χ2n) is 5.09. The predicted octanol–water partition coefficient (Wildman–Crippen LogP) is 1.52. The number of fused-ring (bicyclic) bond motifs is 1. The molecule has 0 unspecified atom stereocenters. The highest BCUT2D eigenvalue weighted by Gasteiger charge is 2.09. The van der Waals surface area contributed by atoms with Gasteiger partial charge in [0.1, 0.15) is 23.4 Å². The third-order valence-corrected chi connectivity index (χ3v) is 3.37. The molecule has 0 aliphatic heterocycles. The van der Waals surface area contributed by atoms with E-state index in [1.807, 2.05) is 19.1 Å². The van der Waals surface area contributed by atoms with Crippen LogP contribution in [0.2, 0.25) is 0 Å². The zero-order valence-electron chi connectivity index (χ0n) is 12.8. The van der Waals surface area contributed by atoms with Gasteiger partial charge in [0, 0.05) is 18.1 Å². The highest BCUT2D eigenvalue weighted by atomic mass is 15.2. The predicted molar refractivity (Wildman–Crippen MR) is 86.8 cm³/mol. The zero-order valence-corrected chi connectivity index (χ0v) is 12.8. The molecular weight excluding hydrogens is 306 g/mol. The number of nitrogens with zero attached hydrogens (tertiary/aromatic N) is 7. The lowest BCUT2D eigenvalue weighted by Crippen LogP contribution is -2.05. The van der Waals surface area contributed by atoms with Gasteiger partial charge in [0.15, 0.2) is 5.82 Å². The van der Waals surface area contributed by atoms with E-state index < -0.39 is 0 Å². The van der Waals surface area contributed by atoms with Crippen molar-refractivity contribution in [2.75, 3.05) is 5.32 Å². The molecule has 0 atom stereocenters. The maximum absolute atomic E-state index is 4.49. The molecule has 0 aliphatic rings. The Balaban J connectivity index is 1.56. The molecule has 0 spiro atoms. The third-order valence-electron chi connectivity index (χ3n) is 3.37. The molecule has 0 saturated carbocycles. The maximum Gasteiger partial charge on any atom is 0.201 e. The summed E-state index contributed by atoms with van der Waals surface area (Å²) in [7, 11) is 0. The largest absolute Gasteiger partial charge is 0.361 e. The molecule has 4 aromatic rings. The summed E-state index contributed by atoms with van der Waals surface area (Å²) in [6.45, 7) is 2.36. The number of rotatable bonds is 4. The molecule has 0 amide bonds. The highest BCUT2D eigenvalue weighted by molar-refractivity contribution is 5.84. The van der Waals surface area contributed by atoms with E-state index in [0.29, 0.717) is 29.7 Å². The van der Waals surface area contributed by atoms with Gasteiger partial charge in [-0.3, -0.25) is 10.1 Å². The molecule has 0 bridgehead atoms. The second-order valence-corrected chi connectivity index (χ2v) is 5.09. The van der Waals surface area contributed by atoms with Gasteiger partial charge in [0.05, 0.1) is 18.3 Å². The third kappa shape index (κ3) is 2.74. The molecule has 118 valence electrons. The van der Waals surface area contributed by atoms with Crippen molar-refractivity contribution in [2.45, 2.75) is 13.5 Å². The number of aromatic amines is 1. The van der Waals surface area contributed by atoms with Crippen molar-refractivity contribution in [3.05, 3.63) is 48.6 Å². The summed E-state index contributed by atoms with van der Waals surface area (Å²) in [5, 5.41) is 10.2. The monoisotopic (exact) mass is 319 g/mol. The van der Waals surface area contributed by atoms with Crippen LogP contribution in [0.1, 0.15) is 11.5 Å². The molecule has 4 aromatic heterocycles. The first-order valence-electron chi connectivity index (χ1n) is 7.29. The number of aromatic nitrogens is 8. The summed E-state index contributed by atoms with van der Waals surface area (Å²) in [6, 6.07) is 3.84. The van der Waals surface area contributed by atoms with E-state index in [9.17, 15) is 0 Å². The average Bonchev–Trinajstić information content (AvgIpc) is 3.10. The number of nitrogens with one attached hydrogen (secondary N) is 2. The van der Waals surface area contributed by atoms with Gasteiger partial charge in [-0.05, 0) is 19.1 Å². The lowest BCUT2D eigenvalue weighted by atomic mass is 10.3. The normalized spacial score (nSPS) is 10.9. The maximum atomic E-state index is 4.49. The fourth-order valence-electron chi connectivity index (χ4n) is 2.24. The van der Waals surface area contributed by atoms with Crippen LogP contribution in [0.25, 0.3) is 22.6 Å². The topological polar surface area (TPSA) is 118 Å². The first-order chi connectivity index (χ1) is 11.8. The Hall–Kier alpha value is -3.49. The first-order valence-corrected chi connectivity index (χ1v) is 7.29. The summed E-state index contributed by atoms with van der Waals surface area (Å²) < 4.78 is 0. The van der Waals surface area contributed by atoms with Gasteiger partial charge in [-0.15, -0.1) is 0 Å². The highest BCUT2D eigenvalue weighted by Crippen LogP contribution is 2.17. The van der Waals surface area contributed by atoms with Gasteiger partial charge in [-0.2, -0.15) is 5.10 Å². The number of pyridine rings is 1. The quantitative estimate of drug-likeness (QED) is 0.581. The first kappa shape index (κ1) is 14.1. The van der Waals surface area contributed by atoms with Crippen LogP contribution < -0.4 is 5.32 Å². The van der Waals surface area contributed by atoms with E-state index in [-0.39, 0.29) is 0 Å². The minimum absolute atomic E-state index is 0.426. The molecule has 0 saturated heterocycles. The number of hydrogen-bond acceptors (Lipinski definition) is 8. The Kier molecular flexibility index (Phi) is 3.50. The van der Waals surface area contributed by atoms with Crippen molar-refractivity contribution in [3.8, 4) is 11.5 Å². The van der Waals surface area contributed by atoms with Crippen LogP contribution in [0.3, 0.4) is 0 Å². The Labute approximate surface area is 136 Å². The number of hydrogen-bond donors (Lipinski definition) is 2. The smallest absolute Gasteiger partial charge is 0.201 e. The fourth-order valence-corrected chi connectivity index (χ4v) is 2.24. The van der Waals surface area contributed by atoms with Gasteiger partial charge in [-0.25, -0.2) is 24.9 Å². The molecule has 9 heteroatoms. The second kappa shape index (κ2) is 5.95. The molecule has 0 radical (unpaired) electrons. The zero-order chi connectivity index (χ0) is 16.4. The van der Waals surface area contributed by atoms with E-state index in [4.69, 9.17) is 0 Å². The van der Waals surface area contributed by atoms with Crippen molar-refractivity contribution < 1.29 is 0 Å². The van der Waals surface area contributed by atoms with E-state index in [1.165, 1.54) is 6.33 Å². The van der Waals surface area contributed by atoms with E-state index in [0.717, 1.165) is 16.7 Å². The van der Waals surface area contributed by atoms with Gasteiger partial charge >= 0.3 is 0 Å². The minimum Gasteiger partial charge on any atom is -0.361 e. The molecule has 4 heterocycles. The summed E-state index contributed by atoms with van der Waals surface area (Å²) in [4.78, 5) is 25.5. The van der Waals surface area contributed by atoms with E-state index in [1.54, 1.807) is 18.6 Å². The Bertz CT molecular complexity index is 981. The van der Waals surface area contributed by atoms with Crippen LogP contribution in [-0.4, -0.2) is 40.1 Å². The molecule has 24 heavy (non-hydrogen) atoms. The lowest BCUT2D eigenvalue weighted by Gasteiger charge is -2.06. The van der Waals surface area contributed by atoms with Crippen molar-refractivity contribution in [3.63, 3.8) is 0 Å². The van der Waals surface area contributed by atoms with Crippen molar-refractivity contribution in [2.24, 2.45) is 0 Å². The van der Waals surface area contributed by atoms with Crippen molar-refractivity contribution >= 4 is 16.9 Å². The molecule has 9 nitrogen and oxygen atoms in total. The van der Waals surface area contributed by atoms with Crippen molar-refractivity contribution in [1.82, 2.24) is 40.1 Å². The number of aryl methyl sites for hydroxylation is 1. The van der Waals surface area contributed by atoms with Gasteiger partial charge in [-0.1, -0.05) is 0 Å². The van der Waals surface area contributed by atoms with Crippen LogP contribution in [0.15, 0.2) is 37.1 Å². The Morgan fingerprint density at radius 3 is 2.92 bits per heavy atom. The van der Waals surface area contributed by atoms with Crippen LogP contribution in [0, 0.1) is 6.92 Å². The summed E-state index contributed by atoms with van der Waals surface area (Å²) in [5.74, 6) is 1.82. The molecule has 0 aromatic carbocycles. The lowest BCUT2D eigenvalue weighted by molar-refractivity contribution is 0.946. The van der Waals surface area contributed by atoms with E-state index >= 15 is 0 Å². The molecule has 2 N–H and O–H groups in total. The Morgan fingerprint density at radius 2 is 2.04 bits per heavy atom. The fraction of sp³-hybridized carbons (Fsp3) is 0.133. The molecule has 4 rings (SSSR count). The van der Waals surface area contributed by atoms with Crippen LogP contribution in [0.4, 0.5) is 5.82 Å². The van der Waals surface area contributed by atoms with Gasteiger partial charge in [0.2, 0.25) is 5.82 Å². The number of H-pyrrole nitrogens is 1. The summed E-state index contributed by atoms with van der Waals surface area (Å²) in [6.07, 6.45) is 6.33. The standard InChI is InChI=1S/C15H13N9/c1-9-2-3-10-13(21-9)15(20-8-19-10)18-7-12-22-14(24-23-12)11-6-16-4-5-17-11/h2-6,8H,7H2,1H3,(H,18,19,20)(H,22,23,24). The minimum atomic E-state index is 0.426. The SMILES string of the molecule is Cc1ccc2ncnc(NCc3nc(-c4cnccn4)n[nH]3)c2n1. The van der Waals surface area contributed by atoms with Crippen LogP contribution in [0.5, 0.6) is 0 Å².